The molecular weight excluding hydrogens is 271 g/mol. The molecule has 0 aliphatic heterocycles. The zero-order valence-corrected chi connectivity index (χ0v) is 9.99. The minimum Gasteiger partial charge on any atom is -0.512 e. The minimum absolute atomic E-state index is 0.0484. The normalized spacial score (nSPS) is 15.0. The molecule has 19 heavy (non-hydrogen) atoms. The zero-order valence-electron chi connectivity index (χ0n) is 9.99. The number of alkyl halides is 3. The molecule has 1 aromatic carbocycles. The highest BCUT2D eigenvalue weighted by Gasteiger charge is 2.52. The monoisotopic (exact) mass is 282 g/mol. The first-order valence-corrected chi connectivity index (χ1v) is 5.09. The highest BCUT2D eigenvalue weighted by Crippen LogP contribution is 2.41. The second kappa shape index (κ2) is 4.99. The van der Waals surface area contributed by atoms with Gasteiger partial charge in [0, 0.05) is 5.56 Å². The molecule has 1 rings (SSSR count). The standard InChI is InChI=1S/C10H11BF4O4/c1-5-3-7(12)6(4-8(5)19-11(17)18)9(2,16)10(13,14)15/h3-4,16-18H,1-2H3. The van der Waals surface area contributed by atoms with Gasteiger partial charge >= 0.3 is 13.5 Å². The molecule has 0 saturated carbocycles. The lowest BCUT2D eigenvalue weighted by Crippen LogP contribution is -2.40. The molecule has 0 aliphatic rings. The quantitative estimate of drug-likeness (QED) is 0.576. The van der Waals surface area contributed by atoms with Crippen LogP contribution in [0.3, 0.4) is 0 Å². The van der Waals surface area contributed by atoms with Crippen LogP contribution in [0.5, 0.6) is 5.75 Å². The van der Waals surface area contributed by atoms with E-state index in [1.165, 1.54) is 6.92 Å². The van der Waals surface area contributed by atoms with Crippen LogP contribution in [0.1, 0.15) is 18.1 Å². The first kappa shape index (κ1) is 15.7. The fourth-order valence-corrected chi connectivity index (χ4v) is 1.42. The minimum atomic E-state index is -5.10. The molecule has 0 amide bonds. The van der Waals surface area contributed by atoms with Crippen molar-refractivity contribution in [3.63, 3.8) is 0 Å². The zero-order chi connectivity index (χ0) is 15.0. The lowest BCUT2D eigenvalue weighted by molar-refractivity contribution is -0.259. The Labute approximate surface area is 106 Å². The molecule has 0 saturated heterocycles. The third-order valence-corrected chi connectivity index (χ3v) is 2.57. The van der Waals surface area contributed by atoms with Crippen molar-refractivity contribution in [2.45, 2.75) is 25.6 Å². The molecule has 1 unspecified atom stereocenters. The summed E-state index contributed by atoms with van der Waals surface area (Å²) in [5.41, 5.74) is -4.45. The van der Waals surface area contributed by atoms with E-state index in [1.807, 2.05) is 0 Å². The Bertz CT molecular complexity index is 473. The average Bonchev–Trinajstić information content (AvgIpc) is 2.19. The van der Waals surface area contributed by atoms with Crippen molar-refractivity contribution in [1.82, 2.24) is 0 Å². The summed E-state index contributed by atoms with van der Waals surface area (Å²) in [6.07, 6.45) is -5.10. The van der Waals surface area contributed by atoms with Crippen molar-refractivity contribution in [3.05, 3.63) is 29.1 Å². The first-order valence-electron chi connectivity index (χ1n) is 5.09. The third kappa shape index (κ3) is 3.17. The fourth-order valence-electron chi connectivity index (χ4n) is 1.42. The summed E-state index contributed by atoms with van der Waals surface area (Å²) in [4.78, 5) is 0. The largest absolute Gasteiger partial charge is 0.707 e. The van der Waals surface area contributed by atoms with Crippen LogP contribution in [0.25, 0.3) is 0 Å². The Morgan fingerprint density at radius 2 is 1.74 bits per heavy atom. The summed E-state index contributed by atoms with van der Waals surface area (Å²) in [5.74, 6) is -1.66. The molecule has 4 nitrogen and oxygen atoms in total. The maximum Gasteiger partial charge on any atom is 0.707 e. The van der Waals surface area contributed by atoms with E-state index in [9.17, 15) is 22.7 Å². The van der Waals surface area contributed by atoms with Gasteiger partial charge in [0.1, 0.15) is 11.6 Å². The van der Waals surface area contributed by atoms with E-state index in [1.54, 1.807) is 0 Å². The first-order chi connectivity index (χ1) is 8.46. The SMILES string of the molecule is Cc1cc(F)c(C(C)(O)C(F)(F)F)cc1OB(O)O. The van der Waals surface area contributed by atoms with E-state index in [0.29, 0.717) is 19.1 Å². The predicted octanol–water partition coefficient (Wildman–Crippen LogP) is 1.25. The van der Waals surface area contributed by atoms with E-state index in [2.05, 4.69) is 4.65 Å². The number of aliphatic hydroxyl groups is 1. The average molecular weight is 282 g/mol. The predicted molar refractivity (Wildman–Crippen MR) is 57.6 cm³/mol. The summed E-state index contributed by atoms with van der Waals surface area (Å²) >= 11 is 0. The van der Waals surface area contributed by atoms with Crippen LogP contribution in [0.4, 0.5) is 17.6 Å². The fraction of sp³-hybridized carbons (Fsp3) is 0.400. The molecule has 0 aromatic heterocycles. The lowest BCUT2D eigenvalue weighted by atomic mass is 9.93. The molecule has 0 bridgehead atoms. The van der Waals surface area contributed by atoms with Gasteiger partial charge in [0.2, 0.25) is 0 Å². The van der Waals surface area contributed by atoms with Gasteiger partial charge in [0.15, 0.2) is 5.60 Å². The molecule has 0 aliphatic carbocycles. The van der Waals surface area contributed by atoms with E-state index in [-0.39, 0.29) is 11.3 Å². The number of aryl methyl sites for hydroxylation is 1. The Hall–Kier alpha value is -1.32. The van der Waals surface area contributed by atoms with E-state index < -0.39 is 30.5 Å². The highest BCUT2D eigenvalue weighted by atomic mass is 19.4. The van der Waals surface area contributed by atoms with Crippen LogP contribution in [0, 0.1) is 12.7 Å². The summed E-state index contributed by atoms with van der Waals surface area (Å²) in [5, 5.41) is 26.6. The Kier molecular flexibility index (Phi) is 4.13. The molecule has 0 heterocycles. The van der Waals surface area contributed by atoms with Crippen LogP contribution < -0.4 is 4.65 Å². The lowest BCUT2D eigenvalue weighted by Gasteiger charge is -2.27. The van der Waals surface area contributed by atoms with E-state index in [0.717, 1.165) is 0 Å². The van der Waals surface area contributed by atoms with Crippen molar-refractivity contribution in [2.75, 3.05) is 0 Å². The summed E-state index contributed by atoms with van der Waals surface area (Å²) < 4.78 is 55.9. The van der Waals surface area contributed by atoms with E-state index in [4.69, 9.17) is 10.0 Å². The van der Waals surface area contributed by atoms with Crippen molar-refractivity contribution in [3.8, 4) is 5.75 Å². The van der Waals surface area contributed by atoms with Gasteiger partial charge < -0.3 is 19.8 Å². The smallest absolute Gasteiger partial charge is 0.512 e. The van der Waals surface area contributed by atoms with Gasteiger partial charge in [-0.2, -0.15) is 13.2 Å². The number of benzene rings is 1. The van der Waals surface area contributed by atoms with Crippen LogP contribution in [0.15, 0.2) is 12.1 Å². The van der Waals surface area contributed by atoms with Crippen LogP contribution >= 0.6 is 0 Å². The highest BCUT2D eigenvalue weighted by molar-refractivity contribution is 6.33. The van der Waals surface area contributed by atoms with Crippen LogP contribution in [0.2, 0.25) is 0 Å². The van der Waals surface area contributed by atoms with Crippen molar-refractivity contribution in [1.29, 1.82) is 0 Å². The molecule has 0 spiro atoms. The Balaban J connectivity index is 3.36. The molecule has 0 radical (unpaired) electrons. The Morgan fingerprint density at radius 3 is 2.16 bits per heavy atom. The topological polar surface area (TPSA) is 69.9 Å². The third-order valence-electron chi connectivity index (χ3n) is 2.57. The molecule has 1 aromatic rings. The van der Waals surface area contributed by atoms with Gasteiger partial charge in [-0.3, -0.25) is 0 Å². The van der Waals surface area contributed by atoms with Gasteiger partial charge in [-0.15, -0.1) is 0 Å². The molecule has 3 N–H and O–H groups in total. The van der Waals surface area contributed by atoms with Gasteiger partial charge in [0.05, 0.1) is 0 Å². The number of halogens is 4. The van der Waals surface area contributed by atoms with Gasteiger partial charge in [0.25, 0.3) is 0 Å². The van der Waals surface area contributed by atoms with Gasteiger partial charge in [-0.05, 0) is 31.5 Å². The van der Waals surface area contributed by atoms with Crippen molar-refractivity contribution < 1.29 is 37.4 Å². The number of hydrogen-bond acceptors (Lipinski definition) is 4. The van der Waals surface area contributed by atoms with Gasteiger partial charge in [-0.1, -0.05) is 0 Å². The molecule has 0 fully saturated rings. The second-order valence-electron chi connectivity index (χ2n) is 4.11. The molecule has 9 heteroatoms. The molecule has 1 atom stereocenters. The summed E-state index contributed by atoms with van der Waals surface area (Å²) in [6, 6.07) is 1.28. The Morgan fingerprint density at radius 1 is 1.21 bits per heavy atom. The molecular formula is C10H11BF4O4. The van der Waals surface area contributed by atoms with Crippen LogP contribution in [-0.2, 0) is 5.60 Å². The molecule has 106 valence electrons. The maximum atomic E-state index is 13.6. The van der Waals surface area contributed by atoms with Crippen molar-refractivity contribution >= 4 is 7.32 Å². The number of rotatable bonds is 3. The summed E-state index contributed by atoms with van der Waals surface area (Å²) in [6.45, 7) is 1.69. The maximum absolute atomic E-state index is 13.6. The summed E-state index contributed by atoms with van der Waals surface area (Å²) in [7, 11) is -2.27. The van der Waals surface area contributed by atoms with E-state index >= 15 is 0 Å². The second-order valence-corrected chi connectivity index (χ2v) is 4.11. The number of hydrogen-bond donors (Lipinski definition) is 3. The van der Waals surface area contributed by atoms with Crippen molar-refractivity contribution in [2.24, 2.45) is 0 Å². The van der Waals surface area contributed by atoms with Gasteiger partial charge in [-0.25, -0.2) is 4.39 Å². The van der Waals surface area contributed by atoms with Crippen LogP contribution in [-0.4, -0.2) is 28.7 Å².